The molecule has 2 nitrogen and oxygen atoms in total. The number of rotatable bonds is 0. The summed E-state index contributed by atoms with van der Waals surface area (Å²) < 4.78 is 10.5. The molecular formula is C8H12O2. The van der Waals surface area contributed by atoms with Crippen molar-refractivity contribution in [2.24, 2.45) is 0 Å². The van der Waals surface area contributed by atoms with E-state index in [9.17, 15) is 0 Å². The Kier molecular flexibility index (Phi) is 1.47. The summed E-state index contributed by atoms with van der Waals surface area (Å²) in [5.41, 5.74) is -0.376. The summed E-state index contributed by atoms with van der Waals surface area (Å²) >= 11 is 0. The van der Waals surface area contributed by atoms with Gasteiger partial charge in [-0.05, 0) is 20.8 Å². The predicted octanol–water partition coefficient (Wildman–Crippen LogP) is 2.19. The second kappa shape index (κ2) is 2.04. The van der Waals surface area contributed by atoms with Crippen LogP contribution in [-0.4, -0.2) is 5.60 Å². The van der Waals surface area contributed by atoms with Crippen LogP contribution in [0.15, 0.2) is 24.4 Å². The first-order valence-corrected chi connectivity index (χ1v) is 3.24. The Hall–Kier alpha value is -0.920. The van der Waals surface area contributed by atoms with Gasteiger partial charge in [-0.3, -0.25) is 0 Å². The lowest BCUT2D eigenvalue weighted by molar-refractivity contribution is -0.00120. The molecule has 56 valence electrons. The Labute approximate surface area is 61.1 Å². The van der Waals surface area contributed by atoms with E-state index in [1.165, 1.54) is 0 Å². The highest BCUT2D eigenvalue weighted by Crippen LogP contribution is 2.27. The van der Waals surface area contributed by atoms with Gasteiger partial charge in [0.05, 0.1) is 0 Å². The second-order valence-corrected chi connectivity index (χ2v) is 2.88. The standard InChI is InChI=1S/C8H12O2/c1-6-5-9-7(2)8(3,4)10-6/h5H,2H2,1,3-4H3. The third-order valence-corrected chi connectivity index (χ3v) is 1.45. The molecule has 0 aromatic rings. The van der Waals surface area contributed by atoms with Gasteiger partial charge >= 0.3 is 0 Å². The van der Waals surface area contributed by atoms with Crippen LogP contribution in [0.3, 0.4) is 0 Å². The van der Waals surface area contributed by atoms with Gasteiger partial charge in [0, 0.05) is 0 Å². The van der Waals surface area contributed by atoms with E-state index in [-0.39, 0.29) is 5.60 Å². The third-order valence-electron chi connectivity index (χ3n) is 1.45. The van der Waals surface area contributed by atoms with Crippen molar-refractivity contribution in [3.8, 4) is 0 Å². The largest absolute Gasteiger partial charge is 0.481 e. The highest BCUT2D eigenvalue weighted by Gasteiger charge is 2.28. The molecule has 1 heterocycles. The summed E-state index contributed by atoms with van der Waals surface area (Å²) in [6, 6.07) is 0. The van der Waals surface area contributed by atoms with Gasteiger partial charge in [0.25, 0.3) is 0 Å². The van der Waals surface area contributed by atoms with Crippen molar-refractivity contribution >= 4 is 0 Å². The molecule has 0 N–H and O–H groups in total. The maximum absolute atomic E-state index is 5.42. The zero-order chi connectivity index (χ0) is 7.78. The van der Waals surface area contributed by atoms with E-state index < -0.39 is 0 Å². The molecule has 0 atom stereocenters. The lowest BCUT2D eigenvalue weighted by Gasteiger charge is -2.31. The molecule has 0 fully saturated rings. The fourth-order valence-corrected chi connectivity index (χ4v) is 0.779. The average molecular weight is 140 g/mol. The molecule has 0 aromatic heterocycles. The highest BCUT2D eigenvalue weighted by molar-refractivity contribution is 5.09. The van der Waals surface area contributed by atoms with Crippen molar-refractivity contribution in [1.29, 1.82) is 0 Å². The Morgan fingerprint density at radius 1 is 1.50 bits per heavy atom. The van der Waals surface area contributed by atoms with Crippen molar-refractivity contribution in [2.45, 2.75) is 26.4 Å². The Morgan fingerprint density at radius 3 is 2.50 bits per heavy atom. The van der Waals surface area contributed by atoms with E-state index in [0.717, 1.165) is 5.76 Å². The first-order valence-electron chi connectivity index (χ1n) is 3.24. The minimum absolute atomic E-state index is 0.376. The molecule has 0 unspecified atom stereocenters. The Balaban J connectivity index is 2.82. The smallest absolute Gasteiger partial charge is 0.160 e. The van der Waals surface area contributed by atoms with E-state index in [0.29, 0.717) is 5.76 Å². The van der Waals surface area contributed by atoms with Crippen LogP contribution in [0.1, 0.15) is 20.8 Å². The first-order chi connectivity index (χ1) is 4.52. The van der Waals surface area contributed by atoms with Crippen molar-refractivity contribution < 1.29 is 9.47 Å². The van der Waals surface area contributed by atoms with E-state index in [1.807, 2.05) is 20.8 Å². The fraction of sp³-hybridized carbons (Fsp3) is 0.500. The van der Waals surface area contributed by atoms with Crippen LogP contribution < -0.4 is 0 Å². The summed E-state index contributed by atoms with van der Waals surface area (Å²) in [6.07, 6.45) is 1.56. The normalized spacial score (nSPS) is 22.7. The van der Waals surface area contributed by atoms with Crippen LogP contribution in [0.4, 0.5) is 0 Å². The molecule has 0 saturated heterocycles. The van der Waals surface area contributed by atoms with Crippen molar-refractivity contribution in [1.82, 2.24) is 0 Å². The van der Waals surface area contributed by atoms with Crippen LogP contribution in [0.2, 0.25) is 0 Å². The highest BCUT2D eigenvalue weighted by atomic mass is 16.6. The first kappa shape index (κ1) is 7.19. The fourth-order valence-electron chi connectivity index (χ4n) is 0.779. The van der Waals surface area contributed by atoms with Gasteiger partial charge in [0.2, 0.25) is 0 Å². The van der Waals surface area contributed by atoms with Crippen LogP contribution in [0.25, 0.3) is 0 Å². The molecule has 10 heavy (non-hydrogen) atoms. The quantitative estimate of drug-likeness (QED) is 0.513. The molecule has 2 heteroatoms. The van der Waals surface area contributed by atoms with Crippen molar-refractivity contribution in [3.05, 3.63) is 24.4 Å². The molecular weight excluding hydrogens is 128 g/mol. The summed E-state index contributed by atoms with van der Waals surface area (Å²) in [4.78, 5) is 0. The summed E-state index contributed by atoms with van der Waals surface area (Å²) in [5.74, 6) is 1.44. The molecule has 0 radical (unpaired) electrons. The SMILES string of the molecule is C=C1OC=C(C)OC1(C)C. The van der Waals surface area contributed by atoms with E-state index in [1.54, 1.807) is 6.26 Å². The van der Waals surface area contributed by atoms with Crippen LogP contribution >= 0.6 is 0 Å². The van der Waals surface area contributed by atoms with Crippen molar-refractivity contribution in [2.75, 3.05) is 0 Å². The summed E-state index contributed by atoms with van der Waals surface area (Å²) in [6.45, 7) is 9.41. The van der Waals surface area contributed by atoms with Gasteiger partial charge in [-0.2, -0.15) is 0 Å². The molecule has 1 rings (SSSR count). The summed E-state index contributed by atoms with van der Waals surface area (Å²) in [7, 11) is 0. The number of ether oxygens (including phenoxy) is 2. The Bertz CT molecular complexity index is 189. The van der Waals surface area contributed by atoms with Gasteiger partial charge < -0.3 is 9.47 Å². The molecule has 0 saturated carbocycles. The lowest BCUT2D eigenvalue weighted by Crippen LogP contribution is -2.29. The molecule has 0 amide bonds. The molecule has 0 bridgehead atoms. The molecule has 0 aromatic carbocycles. The lowest BCUT2D eigenvalue weighted by atomic mass is 10.1. The number of hydrogen-bond donors (Lipinski definition) is 0. The van der Waals surface area contributed by atoms with E-state index in [4.69, 9.17) is 9.47 Å². The molecule has 1 aliphatic rings. The predicted molar refractivity (Wildman–Crippen MR) is 39.1 cm³/mol. The maximum atomic E-state index is 5.42. The monoisotopic (exact) mass is 140 g/mol. The topological polar surface area (TPSA) is 18.5 Å². The zero-order valence-electron chi connectivity index (χ0n) is 6.60. The minimum Gasteiger partial charge on any atom is -0.481 e. The van der Waals surface area contributed by atoms with Gasteiger partial charge in [-0.1, -0.05) is 6.58 Å². The molecule has 0 spiro atoms. The zero-order valence-corrected chi connectivity index (χ0v) is 6.60. The maximum Gasteiger partial charge on any atom is 0.160 e. The minimum atomic E-state index is -0.376. The average Bonchev–Trinajstić information content (AvgIpc) is 1.78. The van der Waals surface area contributed by atoms with Gasteiger partial charge in [0.15, 0.2) is 5.60 Å². The van der Waals surface area contributed by atoms with E-state index >= 15 is 0 Å². The number of allylic oxidation sites excluding steroid dienone is 1. The third kappa shape index (κ3) is 1.15. The second-order valence-electron chi connectivity index (χ2n) is 2.88. The van der Waals surface area contributed by atoms with Gasteiger partial charge in [0.1, 0.15) is 17.8 Å². The van der Waals surface area contributed by atoms with E-state index in [2.05, 4.69) is 6.58 Å². The molecule has 0 aliphatic carbocycles. The number of hydrogen-bond acceptors (Lipinski definition) is 2. The van der Waals surface area contributed by atoms with Crippen molar-refractivity contribution in [3.63, 3.8) is 0 Å². The Morgan fingerprint density at radius 2 is 2.10 bits per heavy atom. The van der Waals surface area contributed by atoms with Crippen LogP contribution in [0.5, 0.6) is 0 Å². The van der Waals surface area contributed by atoms with Gasteiger partial charge in [-0.25, -0.2) is 0 Å². The summed E-state index contributed by atoms with van der Waals surface area (Å²) in [5, 5.41) is 0. The van der Waals surface area contributed by atoms with Crippen LogP contribution in [0, 0.1) is 0 Å². The van der Waals surface area contributed by atoms with Crippen LogP contribution in [-0.2, 0) is 9.47 Å². The molecule has 1 aliphatic heterocycles. The van der Waals surface area contributed by atoms with Gasteiger partial charge in [-0.15, -0.1) is 0 Å².